The van der Waals surface area contributed by atoms with Gasteiger partial charge in [-0.25, -0.2) is 4.79 Å². The highest BCUT2D eigenvalue weighted by Crippen LogP contribution is 2.39. The SMILES string of the molecule is CC1(C)OB(C(=Cc2c(C(=O)O)[nH]c3ccccc23)CO)OC1(C)C. The highest BCUT2D eigenvalue weighted by atomic mass is 16.7. The van der Waals surface area contributed by atoms with Crippen LogP contribution < -0.4 is 0 Å². The van der Waals surface area contributed by atoms with E-state index < -0.39 is 24.3 Å². The highest BCUT2D eigenvalue weighted by molar-refractivity contribution is 6.56. The first-order chi connectivity index (χ1) is 11.7. The molecule has 6 nitrogen and oxygen atoms in total. The second kappa shape index (κ2) is 6.02. The number of benzene rings is 1. The summed E-state index contributed by atoms with van der Waals surface area (Å²) in [7, 11) is -0.731. The lowest BCUT2D eigenvalue weighted by molar-refractivity contribution is 0.00578. The Bertz CT molecular complexity index is 836. The Kier molecular flexibility index (Phi) is 4.27. The number of carbonyl (C=O) groups is 1. The van der Waals surface area contributed by atoms with Gasteiger partial charge in [0.15, 0.2) is 0 Å². The zero-order chi connectivity index (χ0) is 18.4. The number of carboxylic acids is 1. The molecule has 1 aliphatic rings. The number of aliphatic hydroxyl groups is 1. The molecule has 0 bridgehead atoms. The van der Waals surface area contributed by atoms with Crippen molar-refractivity contribution in [2.75, 3.05) is 6.61 Å². The number of aromatic nitrogens is 1. The molecule has 0 amide bonds. The third kappa shape index (κ3) is 2.99. The maximum atomic E-state index is 11.6. The number of H-pyrrole nitrogens is 1. The highest BCUT2D eigenvalue weighted by Gasteiger charge is 2.52. The predicted molar refractivity (Wildman–Crippen MR) is 96.4 cm³/mol. The van der Waals surface area contributed by atoms with E-state index in [-0.39, 0.29) is 12.3 Å². The lowest BCUT2D eigenvalue weighted by Crippen LogP contribution is -2.41. The summed E-state index contributed by atoms with van der Waals surface area (Å²) < 4.78 is 11.9. The van der Waals surface area contributed by atoms with Crippen molar-refractivity contribution in [1.82, 2.24) is 4.98 Å². The standard InChI is InChI=1S/C18H22BNO5/c1-17(2)18(3,4)25-19(24-17)11(10-21)9-13-12-7-5-6-8-14(12)20-15(13)16(22)23/h5-9,20-21H,10H2,1-4H3,(H,22,23). The second-order valence-corrected chi connectivity index (χ2v) is 7.23. The van der Waals surface area contributed by atoms with E-state index in [0.29, 0.717) is 11.0 Å². The zero-order valence-corrected chi connectivity index (χ0v) is 14.8. The van der Waals surface area contributed by atoms with Gasteiger partial charge in [-0.1, -0.05) is 24.3 Å². The molecule has 0 aliphatic carbocycles. The van der Waals surface area contributed by atoms with Crippen LogP contribution in [0.25, 0.3) is 17.0 Å². The molecule has 3 N–H and O–H groups in total. The number of para-hydroxylation sites is 1. The third-order valence-corrected chi connectivity index (χ3v) is 5.03. The van der Waals surface area contributed by atoms with E-state index in [1.165, 1.54) is 0 Å². The first-order valence-corrected chi connectivity index (χ1v) is 8.17. The predicted octanol–water partition coefficient (Wildman–Crippen LogP) is 2.87. The van der Waals surface area contributed by atoms with Crippen molar-refractivity contribution in [3.63, 3.8) is 0 Å². The number of hydrogen-bond donors (Lipinski definition) is 3. The Morgan fingerprint density at radius 1 is 1.20 bits per heavy atom. The monoisotopic (exact) mass is 343 g/mol. The molecule has 7 heteroatoms. The van der Waals surface area contributed by atoms with E-state index in [9.17, 15) is 15.0 Å². The van der Waals surface area contributed by atoms with Crippen LogP contribution in [-0.4, -0.2) is 46.1 Å². The summed E-state index contributed by atoms with van der Waals surface area (Å²) in [5, 5.41) is 20.1. The van der Waals surface area contributed by atoms with Crippen molar-refractivity contribution in [3.05, 3.63) is 41.0 Å². The van der Waals surface area contributed by atoms with Gasteiger partial charge in [0.1, 0.15) is 5.69 Å². The van der Waals surface area contributed by atoms with E-state index in [0.717, 1.165) is 10.9 Å². The summed E-state index contributed by atoms with van der Waals surface area (Å²) in [5.74, 6) is -1.06. The second-order valence-electron chi connectivity index (χ2n) is 7.23. The number of aromatic amines is 1. The van der Waals surface area contributed by atoms with Crippen LogP contribution in [0.2, 0.25) is 0 Å². The van der Waals surface area contributed by atoms with Crippen molar-refractivity contribution in [2.24, 2.45) is 0 Å². The molecule has 2 aromatic rings. The first kappa shape index (κ1) is 17.7. The van der Waals surface area contributed by atoms with Crippen LogP contribution in [0.4, 0.5) is 0 Å². The van der Waals surface area contributed by atoms with Gasteiger partial charge in [-0.15, -0.1) is 0 Å². The minimum absolute atomic E-state index is 0.0728. The van der Waals surface area contributed by atoms with Crippen molar-refractivity contribution < 1.29 is 24.3 Å². The van der Waals surface area contributed by atoms with Crippen LogP contribution in [0.1, 0.15) is 43.7 Å². The molecule has 0 unspecified atom stereocenters. The molecular formula is C18H22BNO5. The summed E-state index contributed by atoms with van der Waals surface area (Å²) in [6.07, 6.45) is 1.64. The Morgan fingerprint density at radius 2 is 1.80 bits per heavy atom. The van der Waals surface area contributed by atoms with Gasteiger partial charge in [-0.05, 0) is 39.2 Å². The lowest BCUT2D eigenvalue weighted by Gasteiger charge is -2.32. The van der Waals surface area contributed by atoms with Crippen molar-refractivity contribution in [3.8, 4) is 0 Å². The molecule has 25 heavy (non-hydrogen) atoms. The van der Waals surface area contributed by atoms with Gasteiger partial charge in [0, 0.05) is 16.5 Å². The molecular weight excluding hydrogens is 321 g/mol. The summed E-state index contributed by atoms with van der Waals surface area (Å²) in [6.45, 7) is 7.41. The number of rotatable bonds is 4. The van der Waals surface area contributed by atoms with Gasteiger partial charge in [0.05, 0.1) is 17.8 Å². The molecule has 0 atom stereocenters. The number of fused-ring (bicyclic) bond motifs is 1. The third-order valence-electron chi connectivity index (χ3n) is 5.03. The lowest BCUT2D eigenvalue weighted by atomic mass is 9.77. The van der Waals surface area contributed by atoms with E-state index >= 15 is 0 Å². The van der Waals surface area contributed by atoms with E-state index in [1.807, 2.05) is 52.0 Å². The van der Waals surface area contributed by atoms with Crippen LogP contribution in [-0.2, 0) is 9.31 Å². The molecule has 0 spiro atoms. The number of hydrogen-bond acceptors (Lipinski definition) is 4. The molecule has 1 fully saturated rings. The van der Waals surface area contributed by atoms with Gasteiger partial charge in [-0.2, -0.15) is 0 Å². The molecule has 132 valence electrons. The van der Waals surface area contributed by atoms with Gasteiger partial charge in [0.25, 0.3) is 0 Å². The van der Waals surface area contributed by atoms with Crippen LogP contribution in [0, 0.1) is 0 Å². The molecule has 1 aromatic carbocycles. The molecule has 1 aromatic heterocycles. The van der Waals surface area contributed by atoms with Gasteiger partial charge in [0.2, 0.25) is 0 Å². The van der Waals surface area contributed by atoms with Gasteiger partial charge in [-0.3, -0.25) is 0 Å². The Hall–Kier alpha value is -2.09. The molecule has 0 radical (unpaired) electrons. The van der Waals surface area contributed by atoms with Gasteiger partial charge < -0.3 is 24.5 Å². The topological polar surface area (TPSA) is 91.8 Å². The fourth-order valence-electron chi connectivity index (χ4n) is 2.85. The molecule has 3 rings (SSSR count). The van der Waals surface area contributed by atoms with Gasteiger partial charge >= 0.3 is 13.1 Å². The van der Waals surface area contributed by atoms with Crippen LogP contribution in [0.3, 0.4) is 0 Å². The average molecular weight is 343 g/mol. The largest absolute Gasteiger partial charge is 0.492 e. The van der Waals surface area contributed by atoms with Crippen molar-refractivity contribution in [1.29, 1.82) is 0 Å². The van der Waals surface area contributed by atoms with Crippen molar-refractivity contribution >= 4 is 30.1 Å². The quantitative estimate of drug-likeness (QED) is 0.743. The Labute approximate surface area is 146 Å². The molecule has 0 saturated carbocycles. The fraction of sp³-hybridized carbons (Fsp3) is 0.389. The molecule has 1 saturated heterocycles. The molecule has 2 heterocycles. The van der Waals surface area contributed by atoms with Crippen LogP contribution in [0.15, 0.2) is 29.7 Å². The van der Waals surface area contributed by atoms with E-state index in [2.05, 4.69) is 4.98 Å². The summed E-state index contributed by atoms with van der Waals surface area (Å²) in [5.41, 5.74) is 0.692. The number of aromatic carboxylic acids is 1. The molecule has 1 aliphatic heterocycles. The summed E-state index contributed by atoms with van der Waals surface area (Å²) >= 11 is 0. The fourth-order valence-corrected chi connectivity index (χ4v) is 2.85. The van der Waals surface area contributed by atoms with Crippen LogP contribution >= 0.6 is 0 Å². The van der Waals surface area contributed by atoms with Crippen molar-refractivity contribution in [2.45, 2.75) is 38.9 Å². The Morgan fingerprint density at radius 3 is 2.36 bits per heavy atom. The maximum absolute atomic E-state index is 11.6. The number of nitrogens with one attached hydrogen (secondary N) is 1. The van der Waals surface area contributed by atoms with Crippen LogP contribution in [0.5, 0.6) is 0 Å². The minimum atomic E-state index is -1.06. The number of carboxylic acid groups (broad SMARTS) is 1. The number of aliphatic hydroxyl groups excluding tert-OH is 1. The normalized spacial score (nSPS) is 19.6. The smallest absolute Gasteiger partial charge is 0.477 e. The maximum Gasteiger partial charge on any atom is 0.492 e. The first-order valence-electron chi connectivity index (χ1n) is 8.17. The van der Waals surface area contributed by atoms with E-state index in [1.54, 1.807) is 6.08 Å². The Balaban J connectivity index is 2.08. The zero-order valence-electron chi connectivity index (χ0n) is 14.8. The van der Waals surface area contributed by atoms with E-state index in [4.69, 9.17) is 9.31 Å². The summed E-state index contributed by atoms with van der Waals surface area (Å²) in [4.78, 5) is 14.5. The minimum Gasteiger partial charge on any atom is -0.477 e. The summed E-state index contributed by atoms with van der Waals surface area (Å²) in [6, 6.07) is 7.32. The average Bonchev–Trinajstić information content (AvgIpc) is 2.99.